The summed E-state index contributed by atoms with van der Waals surface area (Å²) in [6.07, 6.45) is 2.37. The summed E-state index contributed by atoms with van der Waals surface area (Å²) in [5.41, 5.74) is 5.03. The van der Waals surface area contributed by atoms with Crippen LogP contribution in [0.5, 0.6) is 0 Å². The van der Waals surface area contributed by atoms with E-state index in [9.17, 15) is 0 Å². The zero-order chi connectivity index (χ0) is 21.5. The molecule has 28 heavy (non-hydrogen) atoms. The van der Waals surface area contributed by atoms with Gasteiger partial charge in [-0.25, -0.2) is 0 Å². The van der Waals surface area contributed by atoms with Crippen LogP contribution in [-0.2, 0) is 12.0 Å². The summed E-state index contributed by atoms with van der Waals surface area (Å²) in [6.45, 7) is 28.3. The first-order valence-electron chi connectivity index (χ1n) is 11.3. The summed E-state index contributed by atoms with van der Waals surface area (Å²) in [5, 5.41) is 3.84. The number of anilines is 1. The van der Waals surface area contributed by atoms with Crippen molar-refractivity contribution >= 4 is 5.69 Å². The Balaban J connectivity index is 2.72. The Labute approximate surface area is 175 Å². The molecule has 0 unspecified atom stereocenters. The monoisotopic (exact) mass is 386 g/mol. The first-order chi connectivity index (χ1) is 12.7. The van der Waals surface area contributed by atoms with E-state index >= 15 is 0 Å². The molecule has 0 spiro atoms. The molecular weight excluding hydrogens is 340 g/mol. The summed E-state index contributed by atoms with van der Waals surface area (Å²) in [5.74, 6) is 0. The van der Waals surface area contributed by atoms with Gasteiger partial charge in [-0.05, 0) is 61.6 Å². The first-order valence-corrected chi connectivity index (χ1v) is 11.3. The average Bonchev–Trinajstić information content (AvgIpc) is 2.93. The van der Waals surface area contributed by atoms with Gasteiger partial charge < -0.3 is 10.2 Å². The predicted molar refractivity (Wildman–Crippen MR) is 125 cm³/mol. The van der Waals surface area contributed by atoms with E-state index < -0.39 is 0 Å². The van der Waals surface area contributed by atoms with E-state index in [2.05, 4.69) is 105 Å². The molecule has 1 heterocycles. The molecule has 1 aromatic rings. The Morgan fingerprint density at radius 1 is 0.929 bits per heavy atom. The van der Waals surface area contributed by atoms with Crippen LogP contribution in [0.3, 0.4) is 0 Å². The maximum Gasteiger partial charge on any atom is 0.0413 e. The van der Waals surface area contributed by atoms with Crippen LogP contribution in [0.15, 0.2) is 18.2 Å². The van der Waals surface area contributed by atoms with Gasteiger partial charge in [-0.2, -0.15) is 0 Å². The summed E-state index contributed by atoms with van der Waals surface area (Å²) >= 11 is 0. The summed E-state index contributed by atoms with van der Waals surface area (Å²) in [7, 11) is 0. The minimum absolute atomic E-state index is 0.0921. The van der Waals surface area contributed by atoms with E-state index in [1.807, 2.05) is 0 Å². The highest BCUT2D eigenvalue weighted by Crippen LogP contribution is 2.61. The van der Waals surface area contributed by atoms with Crippen molar-refractivity contribution in [3.05, 3.63) is 29.3 Å². The summed E-state index contributed by atoms with van der Waals surface area (Å²) < 4.78 is 0. The molecule has 0 radical (unpaired) electrons. The molecule has 1 aliphatic heterocycles. The number of rotatable bonds is 5. The summed E-state index contributed by atoms with van der Waals surface area (Å²) in [6, 6.07) is 7.59. The highest BCUT2D eigenvalue weighted by Gasteiger charge is 2.58. The van der Waals surface area contributed by atoms with E-state index in [1.165, 1.54) is 24.1 Å². The molecule has 2 heteroatoms. The first kappa shape index (κ1) is 23.3. The van der Waals surface area contributed by atoms with E-state index in [0.29, 0.717) is 6.04 Å². The molecule has 0 saturated heterocycles. The van der Waals surface area contributed by atoms with Crippen molar-refractivity contribution in [2.45, 2.75) is 113 Å². The number of nitrogens with one attached hydrogen (secondary N) is 1. The topological polar surface area (TPSA) is 15.3 Å². The smallest absolute Gasteiger partial charge is 0.0413 e. The zero-order valence-electron chi connectivity index (χ0n) is 20.6. The van der Waals surface area contributed by atoms with Crippen molar-refractivity contribution < 1.29 is 0 Å². The van der Waals surface area contributed by atoms with Crippen LogP contribution in [0.25, 0.3) is 0 Å². The fourth-order valence-corrected chi connectivity index (χ4v) is 5.63. The largest absolute Gasteiger partial charge is 0.366 e. The molecule has 2 nitrogen and oxygen atoms in total. The maximum atomic E-state index is 3.84. The van der Waals surface area contributed by atoms with Gasteiger partial charge in [-0.15, -0.1) is 0 Å². The van der Waals surface area contributed by atoms with Crippen molar-refractivity contribution in [2.24, 2.45) is 10.8 Å². The van der Waals surface area contributed by atoms with E-state index in [-0.39, 0.29) is 21.8 Å². The third-order valence-corrected chi connectivity index (χ3v) is 7.18. The van der Waals surface area contributed by atoms with Crippen LogP contribution in [0.1, 0.15) is 100 Å². The molecule has 0 aromatic heterocycles. The third-order valence-electron chi connectivity index (χ3n) is 7.18. The minimum Gasteiger partial charge on any atom is -0.366 e. The number of nitrogens with zero attached hydrogens (tertiary/aromatic N) is 1. The lowest BCUT2D eigenvalue weighted by Gasteiger charge is -2.53. The Kier molecular flexibility index (Phi) is 6.37. The zero-order valence-corrected chi connectivity index (χ0v) is 20.6. The molecule has 0 atom stereocenters. The van der Waals surface area contributed by atoms with Gasteiger partial charge >= 0.3 is 0 Å². The highest BCUT2D eigenvalue weighted by atomic mass is 15.2. The molecular formula is C26H46N2. The van der Waals surface area contributed by atoms with Gasteiger partial charge in [0, 0.05) is 35.8 Å². The quantitative estimate of drug-likeness (QED) is 0.591. The Bertz CT molecular complexity index is 649. The second kappa shape index (κ2) is 7.67. The second-order valence-electron chi connectivity index (χ2n) is 11.9. The second-order valence-corrected chi connectivity index (χ2v) is 11.9. The van der Waals surface area contributed by atoms with Crippen LogP contribution in [0, 0.1) is 10.8 Å². The van der Waals surface area contributed by atoms with Crippen LogP contribution in [-0.4, -0.2) is 18.1 Å². The predicted octanol–water partition coefficient (Wildman–Crippen LogP) is 6.91. The fraction of sp³-hybridized carbons (Fsp3) is 0.769. The van der Waals surface area contributed by atoms with Crippen molar-refractivity contribution in [1.82, 2.24) is 5.32 Å². The number of fused-ring (bicyclic) bond motifs is 1. The maximum absolute atomic E-state index is 3.84. The minimum atomic E-state index is 0.0921. The Hall–Kier alpha value is -1.02. The van der Waals surface area contributed by atoms with Crippen LogP contribution < -0.4 is 10.2 Å². The van der Waals surface area contributed by atoms with Gasteiger partial charge in [0.25, 0.3) is 0 Å². The molecule has 2 rings (SSSR count). The lowest BCUT2D eigenvalue weighted by atomic mass is 9.51. The molecule has 0 bridgehead atoms. The Morgan fingerprint density at radius 2 is 1.46 bits per heavy atom. The third kappa shape index (κ3) is 3.86. The SMILES string of the molecule is CCC(CC)NCc1cccc2c1C(C(C)(C)C)(C(C)(C)C)CN2C(C)(C)C. The van der Waals surface area contributed by atoms with Crippen molar-refractivity contribution in [1.29, 1.82) is 0 Å². The lowest BCUT2D eigenvalue weighted by molar-refractivity contribution is 0.0627. The van der Waals surface area contributed by atoms with Gasteiger partial charge in [0.15, 0.2) is 0 Å². The van der Waals surface area contributed by atoms with E-state index in [4.69, 9.17) is 0 Å². The van der Waals surface area contributed by atoms with Gasteiger partial charge in [0.2, 0.25) is 0 Å². The van der Waals surface area contributed by atoms with Crippen LogP contribution in [0.2, 0.25) is 0 Å². The van der Waals surface area contributed by atoms with Crippen molar-refractivity contribution in [3.8, 4) is 0 Å². The van der Waals surface area contributed by atoms with E-state index in [1.54, 1.807) is 5.56 Å². The van der Waals surface area contributed by atoms with Crippen LogP contribution in [0.4, 0.5) is 5.69 Å². The number of benzene rings is 1. The Morgan fingerprint density at radius 3 is 1.89 bits per heavy atom. The standard InChI is InChI=1S/C26H46N2/c1-12-20(13-2)27-17-19-15-14-16-21-22(19)26(23(3,4)5,24(6,7)8)18-28(21)25(9,10)11/h14-16,20,27H,12-13,17-18H2,1-11H3. The van der Waals surface area contributed by atoms with Crippen molar-refractivity contribution in [2.75, 3.05) is 11.4 Å². The molecule has 1 aromatic carbocycles. The number of hydrogen-bond donors (Lipinski definition) is 1. The van der Waals surface area contributed by atoms with Gasteiger partial charge in [0.05, 0.1) is 0 Å². The molecule has 0 saturated carbocycles. The van der Waals surface area contributed by atoms with Crippen LogP contribution >= 0.6 is 0 Å². The fourth-order valence-electron chi connectivity index (χ4n) is 5.63. The number of hydrogen-bond acceptors (Lipinski definition) is 2. The molecule has 160 valence electrons. The van der Waals surface area contributed by atoms with E-state index in [0.717, 1.165) is 13.1 Å². The molecule has 0 aliphatic carbocycles. The highest BCUT2D eigenvalue weighted by molar-refractivity contribution is 5.68. The average molecular weight is 387 g/mol. The molecule has 0 fully saturated rings. The van der Waals surface area contributed by atoms with Gasteiger partial charge in [-0.3, -0.25) is 0 Å². The van der Waals surface area contributed by atoms with Crippen molar-refractivity contribution in [3.63, 3.8) is 0 Å². The normalized spacial score (nSPS) is 17.4. The molecule has 1 N–H and O–H groups in total. The van der Waals surface area contributed by atoms with Gasteiger partial charge in [0.1, 0.15) is 0 Å². The molecule has 1 aliphatic rings. The summed E-state index contributed by atoms with van der Waals surface area (Å²) in [4.78, 5) is 2.67. The lowest BCUT2D eigenvalue weighted by Crippen LogP contribution is -2.55. The van der Waals surface area contributed by atoms with Gasteiger partial charge in [-0.1, -0.05) is 67.5 Å². The molecule has 0 amide bonds.